The first-order valence-electron chi connectivity index (χ1n) is 5.93. The molecular weight excluding hydrogens is 268 g/mol. The van der Waals surface area contributed by atoms with E-state index in [0.717, 1.165) is 17.2 Å². The van der Waals surface area contributed by atoms with Crippen LogP contribution in [0.15, 0.2) is 36.4 Å². The van der Waals surface area contributed by atoms with Crippen molar-refractivity contribution in [3.8, 4) is 0 Å². The van der Waals surface area contributed by atoms with E-state index in [-0.39, 0.29) is 12.0 Å². The zero-order valence-corrected chi connectivity index (χ0v) is 11.2. The molecule has 0 saturated heterocycles. The van der Waals surface area contributed by atoms with Crippen LogP contribution in [0.1, 0.15) is 22.7 Å². The van der Waals surface area contributed by atoms with E-state index < -0.39 is 17.7 Å². The molecule has 0 amide bonds. The Morgan fingerprint density at radius 3 is 2.63 bits per heavy atom. The zero-order valence-electron chi connectivity index (χ0n) is 10.5. The molecule has 0 heterocycles. The topological polar surface area (TPSA) is 26.0 Å². The standard InChI is InChI=1S/C15H14ClF2N/c1-9-5-6-10(7-12(9)16)14(19)8-11-3-2-4-13(17)15(11)18/h2-7,14H,8,19H2,1H3. The third kappa shape index (κ3) is 3.11. The number of rotatable bonds is 3. The summed E-state index contributed by atoms with van der Waals surface area (Å²) in [5.74, 6) is -1.69. The lowest BCUT2D eigenvalue weighted by atomic mass is 9.98. The lowest BCUT2D eigenvalue weighted by Gasteiger charge is -2.14. The molecule has 0 aromatic heterocycles. The molecule has 0 aliphatic heterocycles. The summed E-state index contributed by atoms with van der Waals surface area (Å²) >= 11 is 6.03. The molecule has 0 aliphatic carbocycles. The second-order valence-corrected chi connectivity index (χ2v) is 4.94. The van der Waals surface area contributed by atoms with Gasteiger partial charge in [0.15, 0.2) is 11.6 Å². The van der Waals surface area contributed by atoms with Crippen LogP contribution in [0.2, 0.25) is 5.02 Å². The van der Waals surface area contributed by atoms with E-state index in [4.69, 9.17) is 17.3 Å². The third-order valence-corrected chi connectivity index (χ3v) is 3.50. The van der Waals surface area contributed by atoms with Crippen molar-refractivity contribution in [2.75, 3.05) is 0 Å². The molecule has 2 aromatic rings. The number of hydrogen-bond donors (Lipinski definition) is 1. The van der Waals surface area contributed by atoms with Crippen LogP contribution in [-0.4, -0.2) is 0 Å². The highest BCUT2D eigenvalue weighted by atomic mass is 35.5. The van der Waals surface area contributed by atoms with Gasteiger partial charge in [-0.2, -0.15) is 0 Å². The number of hydrogen-bond acceptors (Lipinski definition) is 1. The van der Waals surface area contributed by atoms with E-state index in [1.807, 2.05) is 19.1 Å². The molecule has 1 unspecified atom stereocenters. The van der Waals surface area contributed by atoms with Crippen LogP contribution < -0.4 is 5.73 Å². The van der Waals surface area contributed by atoms with Crippen LogP contribution in [0.25, 0.3) is 0 Å². The van der Waals surface area contributed by atoms with Gasteiger partial charge in [-0.05, 0) is 42.2 Å². The van der Waals surface area contributed by atoms with Gasteiger partial charge in [-0.15, -0.1) is 0 Å². The first-order valence-corrected chi connectivity index (χ1v) is 6.31. The molecule has 0 radical (unpaired) electrons. The van der Waals surface area contributed by atoms with Gasteiger partial charge in [-0.25, -0.2) is 8.78 Å². The highest BCUT2D eigenvalue weighted by molar-refractivity contribution is 6.31. The Kier molecular flexibility index (Phi) is 4.17. The Bertz CT molecular complexity index is 599. The maximum absolute atomic E-state index is 13.6. The number of aryl methyl sites for hydroxylation is 1. The Balaban J connectivity index is 2.23. The summed E-state index contributed by atoms with van der Waals surface area (Å²) in [5, 5.41) is 0.618. The molecule has 0 spiro atoms. The monoisotopic (exact) mass is 281 g/mol. The zero-order chi connectivity index (χ0) is 14.0. The first kappa shape index (κ1) is 14.0. The largest absolute Gasteiger partial charge is 0.324 e. The van der Waals surface area contributed by atoms with E-state index in [1.165, 1.54) is 12.1 Å². The molecule has 1 atom stereocenters. The molecule has 19 heavy (non-hydrogen) atoms. The fraction of sp³-hybridized carbons (Fsp3) is 0.200. The Morgan fingerprint density at radius 2 is 1.95 bits per heavy atom. The van der Waals surface area contributed by atoms with Crippen LogP contribution in [0.4, 0.5) is 8.78 Å². The van der Waals surface area contributed by atoms with Gasteiger partial charge < -0.3 is 5.73 Å². The van der Waals surface area contributed by atoms with Gasteiger partial charge in [0, 0.05) is 11.1 Å². The third-order valence-electron chi connectivity index (χ3n) is 3.10. The number of benzene rings is 2. The average Bonchev–Trinajstić information content (AvgIpc) is 2.38. The molecule has 0 aliphatic rings. The predicted molar refractivity (Wildman–Crippen MR) is 73.2 cm³/mol. The van der Waals surface area contributed by atoms with Gasteiger partial charge >= 0.3 is 0 Å². The van der Waals surface area contributed by atoms with Crippen molar-refractivity contribution in [3.05, 3.63) is 69.7 Å². The molecule has 2 N–H and O–H groups in total. The van der Waals surface area contributed by atoms with Crippen molar-refractivity contribution in [1.29, 1.82) is 0 Å². The fourth-order valence-corrected chi connectivity index (χ4v) is 2.09. The highest BCUT2D eigenvalue weighted by Crippen LogP contribution is 2.23. The Morgan fingerprint density at radius 1 is 1.21 bits per heavy atom. The maximum Gasteiger partial charge on any atom is 0.162 e. The van der Waals surface area contributed by atoms with E-state index in [1.54, 1.807) is 6.07 Å². The second-order valence-electron chi connectivity index (χ2n) is 4.53. The molecular formula is C15H14ClF2N. The fourth-order valence-electron chi connectivity index (χ4n) is 1.90. The van der Waals surface area contributed by atoms with Crippen molar-refractivity contribution in [1.82, 2.24) is 0 Å². The molecule has 2 aromatic carbocycles. The van der Waals surface area contributed by atoms with Crippen LogP contribution >= 0.6 is 11.6 Å². The minimum atomic E-state index is -0.855. The molecule has 0 fully saturated rings. The number of nitrogens with two attached hydrogens (primary N) is 1. The Labute approximate surface area is 116 Å². The molecule has 100 valence electrons. The van der Waals surface area contributed by atoms with Gasteiger partial charge in [-0.1, -0.05) is 35.9 Å². The van der Waals surface area contributed by atoms with Gasteiger partial charge in [0.05, 0.1) is 0 Å². The maximum atomic E-state index is 13.6. The summed E-state index contributed by atoms with van der Waals surface area (Å²) in [6.45, 7) is 1.89. The van der Waals surface area contributed by atoms with Crippen molar-refractivity contribution in [3.63, 3.8) is 0 Å². The molecule has 2 rings (SSSR count). The average molecular weight is 282 g/mol. The summed E-state index contributed by atoms with van der Waals surface area (Å²) in [5.41, 5.74) is 8.04. The highest BCUT2D eigenvalue weighted by Gasteiger charge is 2.13. The molecule has 1 nitrogen and oxygen atoms in total. The van der Waals surface area contributed by atoms with E-state index in [0.29, 0.717) is 5.02 Å². The van der Waals surface area contributed by atoms with Crippen molar-refractivity contribution < 1.29 is 8.78 Å². The van der Waals surface area contributed by atoms with Crippen LogP contribution in [0, 0.1) is 18.6 Å². The van der Waals surface area contributed by atoms with Crippen molar-refractivity contribution >= 4 is 11.6 Å². The summed E-state index contributed by atoms with van der Waals surface area (Å²) in [4.78, 5) is 0. The normalized spacial score (nSPS) is 12.5. The minimum Gasteiger partial charge on any atom is -0.324 e. The molecule has 0 bridgehead atoms. The van der Waals surface area contributed by atoms with Crippen LogP contribution in [0.3, 0.4) is 0 Å². The first-order chi connectivity index (χ1) is 8.99. The second kappa shape index (κ2) is 5.68. The van der Waals surface area contributed by atoms with Crippen molar-refractivity contribution in [2.24, 2.45) is 5.73 Å². The minimum absolute atomic E-state index is 0.225. The summed E-state index contributed by atoms with van der Waals surface area (Å²) < 4.78 is 26.7. The number of halogens is 3. The SMILES string of the molecule is Cc1ccc(C(N)Cc2cccc(F)c2F)cc1Cl. The van der Waals surface area contributed by atoms with Gasteiger partial charge in [-0.3, -0.25) is 0 Å². The van der Waals surface area contributed by atoms with E-state index in [9.17, 15) is 8.78 Å². The lowest BCUT2D eigenvalue weighted by Crippen LogP contribution is -2.14. The van der Waals surface area contributed by atoms with E-state index in [2.05, 4.69) is 0 Å². The molecule has 4 heteroatoms. The Hall–Kier alpha value is -1.45. The lowest BCUT2D eigenvalue weighted by molar-refractivity contribution is 0.494. The molecule has 0 saturated carbocycles. The van der Waals surface area contributed by atoms with Crippen molar-refractivity contribution in [2.45, 2.75) is 19.4 Å². The van der Waals surface area contributed by atoms with Crippen LogP contribution in [0.5, 0.6) is 0 Å². The summed E-state index contributed by atoms with van der Waals surface area (Å²) in [6, 6.07) is 9.15. The van der Waals surface area contributed by atoms with Gasteiger partial charge in [0.1, 0.15) is 0 Å². The smallest absolute Gasteiger partial charge is 0.162 e. The summed E-state index contributed by atoms with van der Waals surface area (Å²) in [7, 11) is 0. The van der Waals surface area contributed by atoms with E-state index >= 15 is 0 Å². The van der Waals surface area contributed by atoms with Gasteiger partial charge in [0.25, 0.3) is 0 Å². The van der Waals surface area contributed by atoms with Gasteiger partial charge in [0.2, 0.25) is 0 Å². The quantitative estimate of drug-likeness (QED) is 0.898. The summed E-state index contributed by atoms with van der Waals surface area (Å²) in [6.07, 6.45) is 0.225. The predicted octanol–water partition coefficient (Wildman–Crippen LogP) is 4.17. The van der Waals surface area contributed by atoms with Crippen LogP contribution in [-0.2, 0) is 6.42 Å².